The van der Waals surface area contributed by atoms with Crippen LogP contribution < -0.4 is 5.32 Å². The standard InChI is InChI=1S/C26H25N3O4S/c1-32-26(31)23-22(28-24(30)19-11-13-33-16-19)21-10-9-20(27-25(21)34-23)15-29-12-5-8-18(14-29)17-6-3-2-4-7-17/h2-4,6-7,9-11,13,16,18H,5,8,12,14-15H2,1H3,(H,28,30). The van der Waals surface area contributed by atoms with E-state index in [0.29, 0.717) is 32.3 Å². The molecule has 4 aromatic rings. The van der Waals surface area contributed by atoms with E-state index in [-0.39, 0.29) is 5.91 Å². The van der Waals surface area contributed by atoms with E-state index in [9.17, 15) is 9.59 Å². The number of fused-ring (bicyclic) bond motifs is 1. The van der Waals surface area contributed by atoms with Gasteiger partial charge in [-0.3, -0.25) is 9.69 Å². The van der Waals surface area contributed by atoms with Gasteiger partial charge in [-0.1, -0.05) is 30.3 Å². The number of nitrogens with zero attached hydrogens (tertiary/aromatic N) is 2. The minimum absolute atomic E-state index is 0.320. The number of likely N-dealkylation sites (tertiary alicyclic amines) is 1. The second-order valence-electron chi connectivity index (χ2n) is 8.40. The van der Waals surface area contributed by atoms with Gasteiger partial charge in [0.1, 0.15) is 16.0 Å². The highest BCUT2D eigenvalue weighted by Gasteiger charge is 2.24. The van der Waals surface area contributed by atoms with Gasteiger partial charge in [-0.2, -0.15) is 0 Å². The fourth-order valence-electron chi connectivity index (χ4n) is 4.47. The number of pyridine rings is 1. The first-order chi connectivity index (χ1) is 16.6. The Hall–Kier alpha value is -3.49. The molecule has 1 aromatic carbocycles. The highest BCUT2D eigenvalue weighted by Crippen LogP contribution is 2.36. The number of nitrogens with one attached hydrogen (secondary N) is 1. The van der Waals surface area contributed by atoms with E-state index in [2.05, 4.69) is 40.5 Å². The number of furan rings is 1. The van der Waals surface area contributed by atoms with E-state index in [1.54, 1.807) is 6.07 Å². The first-order valence-corrected chi connectivity index (χ1v) is 12.1. The summed E-state index contributed by atoms with van der Waals surface area (Å²) in [5.41, 5.74) is 3.11. The number of thiophene rings is 1. The number of hydrogen-bond acceptors (Lipinski definition) is 7. The molecular weight excluding hydrogens is 450 g/mol. The molecule has 0 saturated carbocycles. The Labute approximate surface area is 201 Å². The van der Waals surface area contributed by atoms with Gasteiger partial charge in [0.05, 0.1) is 30.3 Å². The molecule has 1 amide bonds. The quantitative estimate of drug-likeness (QED) is 0.381. The molecule has 1 aliphatic heterocycles. The van der Waals surface area contributed by atoms with Crippen LogP contribution in [0.2, 0.25) is 0 Å². The zero-order valence-corrected chi connectivity index (χ0v) is 19.6. The molecule has 1 fully saturated rings. The number of anilines is 1. The molecule has 0 aliphatic carbocycles. The molecule has 0 radical (unpaired) electrons. The summed E-state index contributed by atoms with van der Waals surface area (Å²) in [7, 11) is 1.33. The van der Waals surface area contributed by atoms with Crippen LogP contribution in [-0.4, -0.2) is 42.0 Å². The Morgan fingerprint density at radius 1 is 1.21 bits per heavy atom. The van der Waals surface area contributed by atoms with Gasteiger partial charge in [-0.15, -0.1) is 11.3 Å². The van der Waals surface area contributed by atoms with Gasteiger partial charge in [0, 0.05) is 18.5 Å². The third-order valence-corrected chi connectivity index (χ3v) is 7.25. The Morgan fingerprint density at radius 3 is 2.82 bits per heavy atom. The van der Waals surface area contributed by atoms with Gasteiger partial charge < -0.3 is 14.5 Å². The largest absolute Gasteiger partial charge is 0.472 e. The van der Waals surface area contributed by atoms with E-state index in [4.69, 9.17) is 14.1 Å². The summed E-state index contributed by atoms with van der Waals surface area (Å²) in [6.07, 6.45) is 5.13. The van der Waals surface area contributed by atoms with E-state index in [1.807, 2.05) is 12.1 Å². The number of piperidine rings is 1. The van der Waals surface area contributed by atoms with Crippen LogP contribution >= 0.6 is 11.3 Å². The van der Waals surface area contributed by atoms with Crippen LogP contribution in [0.15, 0.2) is 65.5 Å². The molecule has 0 spiro atoms. The molecule has 7 nitrogen and oxygen atoms in total. The lowest BCUT2D eigenvalue weighted by Crippen LogP contribution is -2.34. The van der Waals surface area contributed by atoms with Crippen molar-refractivity contribution < 1.29 is 18.7 Å². The molecule has 3 aromatic heterocycles. The number of hydrogen-bond donors (Lipinski definition) is 1. The average molecular weight is 476 g/mol. The van der Waals surface area contributed by atoms with Gasteiger partial charge in [0.2, 0.25) is 0 Å². The highest BCUT2D eigenvalue weighted by molar-refractivity contribution is 7.21. The zero-order chi connectivity index (χ0) is 23.5. The summed E-state index contributed by atoms with van der Waals surface area (Å²) in [6, 6.07) is 16.1. The molecule has 174 valence electrons. The monoisotopic (exact) mass is 475 g/mol. The lowest BCUT2D eigenvalue weighted by Gasteiger charge is -2.32. The third kappa shape index (κ3) is 4.60. The second kappa shape index (κ2) is 9.79. The molecule has 1 unspecified atom stereocenters. The second-order valence-corrected chi connectivity index (χ2v) is 9.40. The van der Waals surface area contributed by atoms with Crippen molar-refractivity contribution in [3.8, 4) is 0 Å². The summed E-state index contributed by atoms with van der Waals surface area (Å²) in [5.74, 6) is -0.340. The fourth-order valence-corrected chi connectivity index (χ4v) is 5.54. The number of carbonyl (C=O) groups is 2. The number of rotatable bonds is 6. The van der Waals surface area contributed by atoms with E-state index in [1.165, 1.54) is 43.0 Å². The Kier molecular flexibility index (Phi) is 6.42. The number of benzene rings is 1. The molecule has 1 N–H and O–H groups in total. The molecule has 4 heterocycles. The van der Waals surface area contributed by atoms with Crippen molar-refractivity contribution in [1.29, 1.82) is 0 Å². The van der Waals surface area contributed by atoms with Gasteiger partial charge >= 0.3 is 5.97 Å². The van der Waals surface area contributed by atoms with Gasteiger partial charge in [-0.05, 0) is 49.1 Å². The number of aromatic nitrogens is 1. The van der Waals surface area contributed by atoms with Crippen LogP contribution in [0.25, 0.3) is 10.2 Å². The predicted molar refractivity (Wildman–Crippen MR) is 131 cm³/mol. The van der Waals surface area contributed by atoms with Gasteiger partial charge in [-0.25, -0.2) is 9.78 Å². The maximum absolute atomic E-state index is 12.6. The average Bonchev–Trinajstić information content (AvgIpc) is 3.53. The first kappa shape index (κ1) is 22.3. The van der Waals surface area contributed by atoms with Crippen molar-refractivity contribution in [1.82, 2.24) is 9.88 Å². The van der Waals surface area contributed by atoms with Crippen molar-refractivity contribution in [2.24, 2.45) is 0 Å². The van der Waals surface area contributed by atoms with E-state index in [0.717, 1.165) is 31.7 Å². The smallest absolute Gasteiger partial charge is 0.350 e. The Balaban J connectivity index is 1.38. The number of esters is 1. The number of ether oxygens (including phenoxy) is 1. The summed E-state index contributed by atoms with van der Waals surface area (Å²) < 4.78 is 9.95. The van der Waals surface area contributed by atoms with Crippen LogP contribution in [0.3, 0.4) is 0 Å². The molecule has 1 atom stereocenters. The van der Waals surface area contributed by atoms with Crippen LogP contribution in [0.5, 0.6) is 0 Å². The van der Waals surface area contributed by atoms with Crippen molar-refractivity contribution in [2.45, 2.75) is 25.3 Å². The molecular formula is C26H25N3O4S. The van der Waals surface area contributed by atoms with Crippen LogP contribution in [0.1, 0.15) is 50.0 Å². The lowest BCUT2D eigenvalue weighted by molar-refractivity contribution is 0.0607. The summed E-state index contributed by atoms with van der Waals surface area (Å²) in [4.78, 5) is 33.3. The van der Waals surface area contributed by atoms with Crippen molar-refractivity contribution in [3.63, 3.8) is 0 Å². The van der Waals surface area contributed by atoms with E-state index < -0.39 is 5.97 Å². The first-order valence-electron chi connectivity index (χ1n) is 11.2. The number of methoxy groups -OCH3 is 1. The summed E-state index contributed by atoms with van der Waals surface area (Å²) in [6.45, 7) is 2.77. The molecule has 0 bridgehead atoms. The topological polar surface area (TPSA) is 84.7 Å². The van der Waals surface area contributed by atoms with Crippen molar-refractivity contribution >= 4 is 39.1 Å². The van der Waals surface area contributed by atoms with Crippen LogP contribution in [0.4, 0.5) is 5.69 Å². The van der Waals surface area contributed by atoms with E-state index >= 15 is 0 Å². The summed E-state index contributed by atoms with van der Waals surface area (Å²) >= 11 is 1.23. The normalized spacial score (nSPS) is 16.4. The fraction of sp³-hybridized carbons (Fsp3) is 0.269. The zero-order valence-electron chi connectivity index (χ0n) is 18.8. The minimum atomic E-state index is -0.506. The predicted octanol–water partition coefficient (Wildman–Crippen LogP) is 5.31. The molecule has 8 heteroatoms. The Bertz CT molecular complexity index is 1300. The molecule has 1 saturated heterocycles. The highest BCUT2D eigenvalue weighted by atomic mass is 32.1. The maximum Gasteiger partial charge on any atom is 0.350 e. The van der Waals surface area contributed by atoms with Crippen LogP contribution in [-0.2, 0) is 11.3 Å². The minimum Gasteiger partial charge on any atom is -0.472 e. The lowest BCUT2D eigenvalue weighted by atomic mass is 9.90. The number of amides is 1. The van der Waals surface area contributed by atoms with Crippen molar-refractivity contribution in [2.75, 3.05) is 25.5 Å². The summed E-state index contributed by atoms with van der Waals surface area (Å²) in [5, 5.41) is 3.55. The van der Waals surface area contributed by atoms with Gasteiger partial charge in [0.25, 0.3) is 5.91 Å². The molecule has 1 aliphatic rings. The number of carbonyl (C=O) groups excluding carboxylic acids is 2. The SMILES string of the molecule is COC(=O)c1sc2nc(CN3CCCC(c4ccccc4)C3)ccc2c1NC(=O)c1ccoc1. The maximum atomic E-state index is 12.6. The van der Waals surface area contributed by atoms with Crippen molar-refractivity contribution in [3.05, 3.63) is 82.8 Å². The third-order valence-electron chi connectivity index (χ3n) is 6.17. The Morgan fingerprint density at radius 2 is 2.06 bits per heavy atom. The molecule has 34 heavy (non-hydrogen) atoms. The van der Waals surface area contributed by atoms with Gasteiger partial charge in [0.15, 0.2) is 0 Å². The molecule has 5 rings (SSSR count). The van der Waals surface area contributed by atoms with Crippen LogP contribution in [0, 0.1) is 0 Å².